The van der Waals surface area contributed by atoms with E-state index in [0.29, 0.717) is 0 Å². The van der Waals surface area contributed by atoms with Gasteiger partial charge in [0.15, 0.2) is 29.0 Å². The highest BCUT2D eigenvalue weighted by atomic mass is 19.4. The standard InChI is InChI=1S/C18F20O2/c19-3-1-2(4(20)6(22)5(3)21)12(26,10-7(23)8(24)11(25)40-10)14(28,29)13(27,9(1)39)15(30,31)16(32,33)17(34,35)18(36,37)38. The Labute approximate surface area is 203 Å². The van der Waals surface area contributed by atoms with E-state index < -0.39 is 105 Å². The fourth-order valence-electron chi connectivity index (χ4n) is 3.65. The van der Waals surface area contributed by atoms with E-state index in [1.54, 1.807) is 0 Å². The molecule has 0 bridgehead atoms. The lowest BCUT2D eigenvalue weighted by Gasteiger charge is -2.49. The van der Waals surface area contributed by atoms with E-state index in [-0.39, 0.29) is 0 Å². The van der Waals surface area contributed by atoms with Gasteiger partial charge in [0.1, 0.15) is 0 Å². The number of rotatable bonds is 4. The Morgan fingerprint density at radius 1 is 0.575 bits per heavy atom. The predicted octanol–water partition coefficient (Wildman–Crippen LogP) is 7.47. The molecule has 0 saturated carbocycles. The number of fused-ring (bicyclic) bond motifs is 1. The Morgan fingerprint density at radius 2 is 1.02 bits per heavy atom. The van der Waals surface area contributed by atoms with Gasteiger partial charge in [0.25, 0.3) is 5.67 Å². The van der Waals surface area contributed by atoms with Crippen molar-refractivity contribution in [3.8, 4) is 0 Å². The summed E-state index contributed by atoms with van der Waals surface area (Å²) in [6.07, 6.45) is -7.93. The molecule has 0 spiro atoms. The lowest BCUT2D eigenvalue weighted by molar-refractivity contribution is -0.421. The molecule has 2 aromatic rings. The minimum Gasteiger partial charge on any atom is -0.427 e. The second-order valence-corrected chi connectivity index (χ2v) is 7.78. The third kappa shape index (κ3) is 3.12. The molecule has 2 atom stereocenters. The first-order valence-electron chi connectivity index (χ1n) is 9.14. The van der Waals surface area contributed by atoms with E-state index >= 15 is 17.6 Å². The number of alkyl halides is 13. The molecule has 1 aromatic carbocycles. The Bertz CT molecular complexity index is 1420. The molecule has 224 valence electrons. The van der Waals surface area contributed by atoms with Gasteiger partial charge in [0, 0.05) is 0 Å². The van der Waals surface area contributed by atoms with Crippen LogP contribution in [0.2, 0.25) is 0 Å². The smallest absolute Gasteiger partial charge is 0.427 e. The van der Waals surface area contributed by atoms with Gasteiger partial charge in [-0.25, -0.2) is 26.3 Å². The average molecular weight is 628 g/mol. The summed E-state index contributed by atoms with van der Waals surface area (Å²) in [6, 6.07) is -3.26. The number of benzene rings is 1. The fraction of sp³-hybridized carbons (Fsp3) is 0.389. The summed E-state index contributed by atoms with van der Waals surface area (Å²) in [6.45, 7) is 0. The first-order valence-corrected chi connectivity index (χ1v) is 9.14. The van der Waals surface area contributed by atoms with Crippen molar-refractivity contribution in [3.05, 3.63) is 57.8 Å². The van der Waals surface area contributed by atoms with E-state index in [0.717, 1.165) is 0 Å². The maximum absolute atomic E-state index is 15.9. The molecular weight excluding hydrogens is 628 g/mol. The molecule has 3 rings (SSSR count). The molecule has 2 nitrogen and oxygen atoms in total. The van der Waals surface area contributed by atoms with Crippen LogP contribution in [0.1, 0.15) is 21.7 Å². The molecule has 2 unspecified atom stereocenters. The van der Waals surface area contributed by atoms with Crippen LogP contribution in [-0.4, -0.2) is 41.3 Å². The van der Waals surface area contributed by atoms with Gasteiger partial charge in [0.05, 0.1) is 11.1 Å². The first-order chi connectivity index (χ1) is 17.6. The van der Waals surface area contributed by atoms with Crippen LogP contribution in [0.3, 0.4) is 0 Å². The second-order valence-electron chi connectivity index (χ2n) is 7.78. The first kappa shape index (κ1) is 31.3. The quantitative estimate of drug-likeness (QED) is 0.200. The molecule has 0 N–H and O–H groups in total. The number of hydrogen-bond donors (Lipinski definition) is 0. The molecule has 0 amide bonds. The SMILES string of the molecule is O=C1c2c(F)c(F)c(F)c(F)c2C(F)(c2oc(F)c(F)c2F)C(F)(F)C1(F)C(F)(F)C(F)(F)C(F)(F)C(F)(F)F. The minimum atomic E-state index is -8.66. The van der Waals surface area contributed by atoms with E-state index in [1.807, 2.05) is 0 Å². The summed E-state index contributed by atoms with van der Waals surface area (Å²) >= 11 is 0. The van der Waals surface area contributed by atoms with Crippen LogP contribution in [0, 0.1) is 40.9 Å². The zero-order valence-corrected chi connectivity index (χ0v) is 17.4. The van der Waals surface area contributed by atoms with E-state index in [2.05, 4.69) is 4.42 Å². The van der Waals surface area contributed by atoms with Crippen molar-refractivity contribution in [1.29, 1.82) is 0 Å². The summed E-state index contributed by atoms with van der Waals surface area (Å²) in [5.41, 5.74) is -22.5. The number of Topliss-reactive ketones (excluding diaryl/α,β-unsaturated/α-hetero) is 1. The van der Waals surface area contributed by atoms with Crippen molar-refractivity contribution >= 4 is 5.78 Å². The van der Waals surface area contributed by atoms with Crippen LogP contribution in [0.25, 0.3) is 0 Å². The number of furan rings is 1. The van der Waals surface area contributed by atoms with Crippen LogP contribution in [0.4, 0.5) is 87.8 Å². The van der Waals surface area contributed by atoms with Gasteiger partial charge in [-0.1, -0.05) is 0 Å². The molecule has 0 saturated heterocycles. The van der Waals surface area contributed by atoms with Gasteiger partial charge >= 0.3 is 41.5 Å². The number of carbonyl (C=O) groups excluding carboxylic acids is 1. The number of hydrogen-bond acceptors (Lipinski definition) is 2. The Morgan fingerprint density at radius 3 is 1.43 bits per heavy atom. The predicted molar refractivity (Wildman–Crippen MR) is 80.8 cm³/mol. The molecule has 40 heavy (non-hydrogen) atoms. The number of ketones is 1. The third-order valence-corrected chi connectivity index (χ3v) is 5.66. The van der Waals surface area contributed by atoms with E-state index in [9.17, 15) is 75.0 Å². The van der Waals surface area contributed by atoms with Gasteiger partial charge in [-0.05, 0) is 0 Å². The molecule has 22 heteroatoms. The van der Waals surface area contributed by atoms with E-state index in [4.69, 9.17) is 0 Å². The molecule has 1 heterocycles. The van der Waals surface area contributed by atoms with Gasteiger partial charge in [-0.15, -0.1) is 0 Å². The number of carbonyl (C=O) groups is 1. The number of halogens is 20. The van der Waals surface area contributed by atoms with Crippen molar-refractivity contribution in [2.75, 3.05) is 0 Å². The Kier molecular flexibility index (Phi) is 6.39. The largest absolute Gasteiger partial charge is 0.460 e. The zero-order chi connectivity index (χ0) is 31.6. The van der Waals surface area contributed by atoms with E-state index in [1.165, 1.54) is 0 Å². The molecule has 0 aliphatic heterocycles. The van der Waals surface area contributed by atoms with Crippen LogP contribution in [-0.2, 0) is 5.67 Å². The van der Waals surface area contributed by atoms with Crippen molar-refractivity contribution in [3.63, 3.8) is 0 Å². The Balaban J connectivity index is 2.66. The highest BCUT2D eigenvalue weighted by Crippen LogP contribution is 2.68. The third-order valence-electron chi connectivity index (χ3n) is 5.66. The fourth-order valence-corrected chi connectivity index (χ4v) is 3.65. The zero-order valence-electron chi connectivity index (χ0n) is 17.4. The van der Waals surface area contributed by atoms with Crippen molar-refractivity contribution in [2.45, 2.75) is 41.2 Å². The monoisotopic (exact) mass is 628 g/mol. The van der Waals surface area contributed by atoms with Crippen LogP contribution >= 0.6 is 0 Å². The van der Waals surface area contributed by atoms with Gasteiger partial charge in [-0.2, -0.15) is 61.5 Å². The average Bonchev–Trinajstić information content (AvgIpc) is 3.08. The summed E-state index contributed by atoms with van der Waals surface area (Å²) in [4.78, 5) is 12.2. The maximum Gasteiger partial charge on any atom is 0.460 e. The lowest BCUT2D eigenvalue weighted by Crippen LogP contribution is -2.78. The highest BCUT2D eigenvalue weighted by Gasteiger charge is 2.95. The maximum atomic E-state index is 15.9. The highest BCUT2D eigenvalue weighted by molar-refractivity contribution is 6.08. The molecular formula is C18F20O2. The molecule has 0 radical (unpaired) electrons. The summed E-state index contributed by atoms with van der Waals surface area (Å²) in [5.74, 6) is -63.6. The van der Waals surface area contributed by atoms with Crippen molar-refractivity contribution in [2.24, 2.45) is 0 Å². The van der Waals surface area contributed by atoms with Gasteiger partial charge in [0.2, 0.25) is 17.4 Å². The molecule has 1 aromatic heterocycles. The molecule has 1 aliphatic carbocycles. The normalized spacial score (nSPS) is 23.9. The summed E-state index contributed by atoms with van der Waals surface area (Å²) < 4.78 is 283. The molecule has 0 fully saturated rings. The van der Waals surface area contributed by atoms with Gasteiger partial charge in [-0.3, -0.25) is 4.79 Å². The lowest BCUT2D eigenvalue weighted by atomic mass is 9.64. The Hall–Kier alpha value is -3.23. The molecule has 1 aliphatic rings. The van der Waals surface area contributed by atoms with Crippen LogP contribution in [0.5, 0.6) is 0 Å². The summed E-state index contributed by atoms with van der Waals surface area (Å²) in [5, 5.41) is 0. The van der Waals surface area contributed by atoms with Crippen molar-refractivity contribution < 1.29 is 97.0 Å². The topological polar surface area (TPSA) is 30.2 Å². The second kappa shape index (κ2) is 8.17. The summed E-state index contributed by atoms with van der Waals surface area (Å²) in [7, 11) is 0. The van der Waals surface area contributed by atoms with Crippen LogP contribution < -0.4 is 0 Å². The van der Waals surface area contributed by atoms with Crippen LogP contribution in [0.15, 0.2) is 4.42 Å². The minimum absolute atomic E-state index is 3.08. The van der Waals surface area contributed by atoms with Gasteiger partial charge < -0.3 is 4.42 Å². The van der Waals surface area contributed by atoms with Crippen molar-refractivity contribution in [1.82, 2.24) is 0 Å².